The summed E-state index contributed by atoms with van der Waals surface area (Å²) in [4.78, 5) is 26.5. The van der Waals surface area contributed by atoms with Crippen molar-refractivity contribution in [3.05, 3.63) is 35.9 Å². The summed E-state index contributed by atoms with van der Waals surface area (Å²) in [5.41, 5.74) is 7.43. The van der Waals surface area contributed by atoms with Crippen molar-refractivity contribution in [2.45, 2.75) is 31.8 Å². The van der Waals surface area contributed by atoms with Crippen molar-refractivity contribution in [3.63, 3.8) is 0 Å². The van der Waals surface area contributed by atoms with E-state index in [1.165, 1.54) is 0 Å². The van der Waals surface area contributed by atoms with E-state index < -0.39 is 6.09 Å². The Balaban J connectivity index is 1.62. The van der Waals surface area contributed by atoms with Crippen LogP contribution in [0.25, 0.3) is 0 Å². The number of carbonyl (C=O) groups is 2. The Kier molecular flexibility index (Phi) is 5.88. The number of nitrogens with zero attached hydrogens (tertiary/aromatic N) is 1. The lowest BCUT2D eigenvalue weighted by molar-refractivity contribution is -0.136. The number of hydrogen-bond acceptors (Lipinski definition) is 5. The van der Waals surface area contributed by atoms with E-state index in [-0.39, 0.29) is 23.9 Å². The van der Waals surface area contributed by atoms with Crippen LogP contribution in [0.5, 0.6) is 0 Å². The second-order valence-corrected chi connectivity index (χ2v) is 6.51. The number of ether oxygens (including phenoxy) is 1. The number of rotatable bonds is 4. The average molecular weight is 346 g/mol. The van der Waals surface area contributed by atoms with Crippen LogP contribution in [0.2, 0.25) is 0 Å². The molecule has 2 aliphatic rings. The lowest BCUT2D eigenvalue weighted by Crippen LogP contribution is -2.51. The summed E-state index contributed by atoms with van der Waals surface area (Å²) < 4.78 is 4.94. The standard InChI is InChI=1S/C18H26N4O3/c1-2-25-18(24)20-14-9-6-10-22(12-14)17(23)15-11-19-21-16(15)13-7-4-3-5-8-13/h3-5,7-8,14-16,19,21H,2,6,9-12H2,1H3,(H,20,24). The van der Waals surface area contributed by atoms with Gasteiger partial charge in [0.15, 0.2) is 0 Å². The number of nitrogens with one attached hydrogen (secondary N) is 3. The predicted molar refractivity (Wildman–Crippen MR) is 93.6 cm³/mol. The lowest BCUT2D eigenvalue weighted by atomic mass is 9.92. The molecule has 3 atom stereocenters. The van der Waals surface area contributed by atoms with Crippen LogP contribution in [0.15, 0.2) is 30.3 Å². The fourth-order valence-corrected chi connectivity index (χ4v) is 3.57. The topological polar surface area (TPSA) is 82.7 Å². The van der Waals surface area contributed by atoms with E-state index in [4.69, 9.17) is 4.74 Å². The van der Waals surface area contributed by atoms with Gasteiger partial charge in [-0.15, -0.1) is 0 Å². The molecule has 1 aromatic rings. The number of piperidine rings is 1. The van der Waals surface area contributed by atoms with E-state index in [9.17, 15) is 9.59 Å². The molecule has 0 aliphatic carbocycles. The monoisotopic (exact) mass is 346 g/mol. The molecule has 0 bridgehead atoms. The van der Waals surface area contributed by atoms with E-state index >= 15 is 0 Å². The average Bonchev–Trinajstić information content (AvgIpc) is 3.12. The van der Waals surface area contributed by atoms with Crippen molar-refractivity contribution in [1.82, 2.24) is 21.1 Å². The van der Waals surface area contributed by atoms with Crippen LogP contribution in [0.4, 0.5) is 4.79 Å². The molecule has 2 amide bonds. The summed E-state index contributed by atoms with van der Waals surface area (Å²) in [6.45, 7) is 4.00. The zero-order valence-electron chi connectivity index (χ0n) is 14.5. The highest BCUT2D eigenvalue weighted by atomic mass is 16.5. The van der Waals surface area contributed by atoms with E-state index in [1.807, 2.05) is 35.2 Å². The summed E-state index contributed by atoms with van der Waals surface area (Å²) in [5.74, 6) is -0.0227. The molecule has 2 aliphatic heterocycles. The van der Waals surface area contributed by atoms with Crippen molar-refractivity contribution < 1.29 is 14.3 Å². The number of carbonyl (C=O) groups excluding carboxylic acids is 2. The highest BCUT2D eigenvalue weighted by molar-refractivity contribution is 5.80. The zero-order valence-corrected chi connectivity index (χ0v) is 14.5. The van der Waals surface area contributed by atoms with Gasteiger partial charge < -0.3 is 15.0 Å². The lowest BCUT2D eigenvalue weighted by Gasteiger charge is -2.35. The second kappa shape index (κ2) is 8.31. The van der Waals surface area contributed by atoms with Gasteiger partial charge in [0.05, 0.1) is 18.6 Å². The molecule has 0 aromatic heterocycles. The van der Waals surface area contributed by atoms with Gasteiger partial charge in [0.2, 0.25) is 5.91 Å². The Morgan fingerprint density at radius 3 is 2.88 bits per heavy atom. The highest BCUT2D eigenvalue weighted by Crippen LogP contribution is 2.27. The predicted octanol–water partition coefficient (Wildman–Crippen LogP) is 1.19. The first-order valence-electron chi connectivity index (χ1n) is 8.94. The quantitative estimate of drug-likeness (QED) is 0.763. The third kappa shape index (κ3) is 4.29. The molecule has 7 nitrogen and oxygen atoms in total. The summed E-state index contributed by atoms with van der Waals surface area (Å²) in [7, 11) is 0. The maximum atomic E-state index is 13.0. The van der Waals surface area contributed by atoms with Crippen LogP contribution in [-0.4, -0.2) is 49.2 Å². The van der Waals surface area contributed by atoms with Gasteiger partial charge in [0.1, 0.15) is 0 Å². The molecule has 25 heavy (non-hydrogen) atoms. The van der Waals surface area contributed by atoms with E-state index in [2.05, 4.69) is 16.2 Å². The van der Waals surface area contributed by atoms with Gasteiger partial charge in [0, 0.05) is 25.7 Å². The van der Waals surface area contributed by atoms with E-state index in [0.29, 0.717) is 19.7 Å². The molecular weight excluding hydrogens is 320 g/mol. The van der Waals surface area contributed by atoms with Crippen LogP contribution in [0.1, 0.15) is 31.4 Å². The Morgan fingerprint density at radius 2 is 2.12 bits per heavy atom. The minimum atomic E-state index is -0.409. The Labute approximate surface area is 148 Å². The molecule has 2 fully saturated rings. The molecule has 2 heterocycles. The first-order chi connectivity index (χ1) is 12.2. The Morgan fingerprint density at radius 1 is 1.32 bits per heavy atom. The number of alkyl carbamates (subject to hydrolysis) is 1. The fourth-order valence-electron chi connectivity index (χ4n) is 3.57. The van der Waals surface area contributed by atoms with E-state index in [1.54, 1.807) is 6.92 Å². The molecule has 3 N–H and O–H groups in total. The van der Waals surface area contributed by atoms with E-state index in [0.717, 1.165) is 24.9 Å². The van der Waals surface area contributed by atoms with Crippen molar-refractivity contribution >= 4 is 12.0 Å². The van der Waals surface area contributed by atoms with Gasteiger partial charge in [-0.1, -0.05) is 30.3 Å². The summed E-state index contributed by atoms with van der Waals surface area (Å²) in [6, 6.07) is 9.92. The highest BCUT2D eigenvalue weighted by Gasteiger charge is 2.37. The Bertz CT molecular complexity index is 595. The number of likely N-dealkylation sites (tertiary alicyclic amines) is 1. The maximum Gasteiger partial charge on any atom is 0.407 e. The molecule has 3 rings (SSSR count). The third-order valence-electron chi connectivity index (χ3n) is 4.79. The largest absolute Gasteiger partial charge is 0.450 e. The van der Waals surface area contributed by atoms with Gasteiger partial charge in [0.25, 0.3) is 0 Å². The SMILES string of the molecule is CCOC(=O)NC1CCCN(C(=O)C2CNNC2c2ccccc2)C1. The van der Waals surface area contributed by atoms with Crippen molar-refractivity contribution in [3.8, 4) is 0 Å². The molecule has 1 aromatic carbocycles. The first kappa shape index (κ1) is 17.7. The summed E-state index contributed by atoms with van der Waals surface area (Å²) in [6.07, 6.45) is 1.34. The van der Waals surface area contributed by atoms with Crippen LogP contribution in [0.3, 0.4) is 0 Å². The molecule has 0 spiro atoms. The molecular formula is C18H26N4O3. The van der Waals surface area contributed by atoms with Gasteiger partial charge >= 0.3 is 6.09 Å². The van der Waals surface area contributed by atoms with Crippen LogP contribution in [0, 0.1) is 5.92 Å². The van der Waals surface area contributed by atoms with Crippen LogP contribution >= 0.6 is 0 Å². The molecule has 0 radical (unpaired) electrons. The summed E-state index contributed by atoms with van der Waals surface area (Å²) >= 11 is 0. The Hall–Kier alpha value is -2.12. The molecule has 2 saturated heterocycles. The fraction of sp³-hybridized carbons (Fsp3) is 0.556. The third-order valence-corrected chi connectivity index (χ3v) is 4.79. The number of benzene rings is 1. The molecule has 0 saturated carbocycles. The molecule has 3 unspecified atom stereocenters. The molecule has 7 heteroatoms. The first-order valence-corrected chi connectivity index (χ1v) is 8.94. The van der Waals surface area contributed by atoms with Crippen LogP contribution < -0.4 is 16.2 Å². The van der Waals surface area contributed by atoms with Crippen molar-refractivity contribution in [2.24, 2.45) is 5.92 Å². The number of hydrogen-bond donors (Lipinski definition) is 3. The van der Waals surface area contributed by atoms with Crippen molar-refractivity contribution in [2.75, 3.05) is 26.2 Å². The van der Waals surface area contributed by atoms with Crippen molar-refractivity contribution in [1.29, 1.82) is 0 Å². The minimum absolute atomic E-state index is 0.0351. The zero-order chi connectivity index (χ0) is 17.6. The normalized spacial score (nSPS) is 26.3. The van der Waals surface area contributed by atoms with Gasteiger partial charge in [-0.3, -0.25) is 10.2 Å². The molecule has 136 valence electrons. The second-order valence-electron chi connectivity index (χ2n) is 6.51. The number of hydrazine groups is 1. The number of amides is 2. The van der Waals surface area contributed by atoms with Crippen LogP contribution in [-0.2, 0) is 9.53 Å². The minimum Gasteiger partial charge on any atom is -0.450 e. The smallest absolute Gasteiger partial charge is 0.407 e. The van der Waals surface area contributed by atoms with Gasteiger partial charge in [-0.2, -0.15) is 0 Å². The summed E-state index contributed by atoms with van der Waals surface area (Å²) in [5, 5.41) is 2.85. The van der Waals surface area contributed by atoms with Gasteiger partial charge in [-0.05, 0) is 25.3 Å². The maximum absolute atomic E-state index is 13.0. The van der Waals surface area contributed by atoms with Gasteiger partial charge in [-0.25, -0.2) is 10.2 Å².